The van der Waals surface area contributed by atoms with E-state index in [1.807, 2.05) is 73.8 Å². The topological polar surface area (TPSA) is 88.0 Å². The molecule has 0 bridgehead atoms. The fourth-order valence-electron chi connectivity index (χ4n) is 3.96. The lowest BCUT2D eigenvalue weighted by molar-refractivity contribution is -0.384. The minimum Gasteiger partial charge on any atom is -0.361 e. The second-order valence-electron chi connectivity index (χ2n) is 7.60. The Morgan fingerprint density at radius 2 is 1.71 bits per heavy atom. The van der Waals surface area contributed by atoms with Gasteiger partial charge in [0.2, 0.25) is 5.91 Å². The average molecular weight is 413 g/mol. The van der Waals surface area contributed by atoms with E-state index in [-0.39, 0.29) is 30.0 Å². The van der Waals surface area contributed by atoms with Gasteiger partial charge < -0.3 is 10.3 Å². The fraction of sp³-hybridized carbons (Fsp3) is 0.160. The number of non-ortho nitro benzene ring substituents is 1. The summed E-state index contributed by atoms with van der Waals surface area (Å²) in [7, 11) is 0. The molecular weight excluding hydrogens is 390 g/mol. The monoisotopic (exact) mass is 413 g/mol. The number of nitro benzene ring substituents is 1. The van der Waals surface area contributed by atoms with E-state index in [9.17, 15) is 14.9 Å². The first kappa shape index (κ1) is 20.3. The van der Waals surface area contributed by atoms with E-state index < -0.39 is 4.92 Å². The molecule has 2 N–H and O–H groups in total. The second-order valence-corrected chi connectivity index (χ2v) is 7.60. The van der Waals surface area contributed by atoms with E-state index in [1.54, 1.807) is 12.1 Å². The highest BCUT2D eigenvalue weighted by molar-refractivity contribution is 5.86. The van der Waals surface area contributed by atoms with Crippen LogP contribution >= 0.6 is 0 Å². The standard InChI is InChI=1S/C25H23N3O3/c1-17(18-8-3-2-4-9-18)27-25(29)15-22(19-10-7-11-20(14-19)28(30)31)23-16-26-24-13-6-5-12-21(23)24/h2-14,16-17,22,26H,15H2,1H3,(H,27,29)/t17-,22-/m0/s1. The highest BCUT2D eigenvalue weighted by Gasteiger charge is 2.24. The predicted molar refractivity (Wildman–Crippen MR) is 121 cm³/mol. The molecule has 0 aliphatic rings. The number of aromatic amines is 1. The molecule has 0 radical (unpaired) electrons. The molecule has 0 fully saturated rings. The summed E-state index contributed by atoms with van der Waals surface area (Å²) >= 11 is 0. The molecule has 6 heteroatoms. The van der Waals surface area contributed by atoms with Crippen LogP contribution in [0.2, 0.25) is 0 Å². The minimum atomic E-state index is -0.409. The Bertz CT molecular complexity index is 1220. The zero-order valence-corrected chi connectivity index (χ0v) is 17.1. The van der Waals surface area contributed by atoms with Gasteiger partial charge in [-0.3, -0.25) is 14.9 Å². The number of rotatable bonds is 7. The van der Waals surface area contributed by atoms with Crippen LogP contribution in [0.1, 0.15) is 42.0 Å². The summed E-state index contributed by atoms with van der Waals surface area (Å²) < 4.78 is 0. The van der Waals surface area contributed by atoms with Crippen LogP contribution in [-0.2, 0) is 4.79 Å². The van der Waals surface area contributed by atoms with Crippen molar-refractivity contribution in [3.8, 4) is 0 Å². The van der Waals surface area contributed by atoms with Gasteiger partial charge in [0.25, 0.3) is 5.69 Å². The largest absolute Gasteiger partial charge is 0.361 e. The minimum absolute atomic E-state index is 0.0143. The van der Waals surface area contributed by atoms with Gasteiger partial charge in [-0.1, -0.05) is 60.7 Å². The third-order valence-corrected chi connectivity index (χ3v) is 5.55. The number of hydrogen-bond donors (Lipinski definition) is 2. The van der Waals surface area contributed by atoms with Crippen LogP contribution in [0.5, 0.6) is 0 Å². The van der Waals surface area contributed by atoms with Gasteiger partial charge in [-0.15, -0.1) is 0 Å². The molecule has 156 valence electrons. The molecular formula is C25H23N3O3. The van der Waals surface area contributed by atoms with Crippen molar-refractivity contribution in [3.05, 3.63) is 112 Å². The van der Waals surface area contributed by atoms with Crippen LogP contribution in [0, 0.1) is 10.1 Å². The highest BCUT2D eigenvalue weighted by atomic mass is 16.6. The van der Waals surface area contributed by atoms with Crippen LogP contribution in [-0.4, -0.2) is 15.8 Å². The molecule has 0 aliphatic carbocycles. The van der Waals surface area contributed by atoms with Gasteiger partial charge in [0.1, 0.15) is 0 Å². The number of fused-ring (bicyclic) bond motifs is 1. The molecule has 31 heavy (non-hydrogen) atoms. The predicted octanol–water partition coefficient (Wildman–Crippen LogP) is 5.48. The second kappa shape index (κ2) is 8.83. The lowest BCUT2D eigenvalue weighted by Crippen LogP contribution is -2.28. The molecule has 3 aromatic carbocycles. The highest BCUT2D eigenvalue weighted by Crippen LogP contribution is 2.35. The van der Waals surface area contributed by atoms with Crippen LogP contribution in [0.25, 0.3) is 10.9 Å². The summed E-state index contributed by atoms with van der Waals surface area (Å²) in [5, 5.41) is 15.4. The fourth-order valence-corrected chi connectivity index (χ4v) is 3.96. The smallest absolute Gasteiger partial charge is 0.269 e. The zero-order chi connectivity index (χ0) is 21.8. The summed E-state index contributed by atoms with van der Waals surface area (Å²) in [6.45, 7) is 1.95. The number of H-pyrrole nitrogens is 1. The Morgan fingerprint density at radius 3 is 2.48 bits per heavy atom. The zero-order valence-electron chi connectivity index (χ0n) is 17.1. The maximum atomic E-state index is 13.0. The Kier molecular flexibility index (Phi) is 5.80. The van der Waals surface area contributed by atoms with Crippen LogP contribution in [0.3, 0.4) is 0 Å². The maximum absolute atomic E-state index is 13.0. The van der Waals surface area contributed by atoms with Gasteiger partial charge in [0.05, 0.1) is 11.0 Å². The SMILES string of the molecule is C[C@H](NC(=O)C[C@@H](c1cccc([N+](=O)[O-])c1)c1c[nH]c2ccccc12)c1ccccc1. The summed E-state index contributed by atoms with van der Waals surface area (Å²) in [6.07, 6.45) is 2.07. The number of aromatic nitrogens is 1. The van der Waals surface area contributed by atoms with E-state index in [0.29, 0.717) is 0 Å². The molecule has 4 rings (SSSR count). The number of carbonyl (C=O) groups is 1. The molecule has 0 aliphatic heterocycles. The number of hydrogen-bond acceptors (Lipinski definition) is 3. The number of benzene rings is 3. The van der Waals surface area contributed by atoms with Crippen molar-refractivity contribution >= 4 is 22.5 Å². The maximum Gasteiger partial charge on any atom is 0.269 e. The summed E-state index contributed by atoms with van der Waals surface area (Å²) in [5.41, 5.74) is 3.68. The van der Waals surface area contributed by atoms with E-state index >= 15 is 0 Å². The van der Waals surface area contributed by atoms with Gasteiger partial charge in [-0.05, 0) is 29.7 Å². The third-order valence-electron chi connectivity index (χ3n) is 5.55. The van der Waals surface area contributed by atoms with Crippen LogP contribution < -0.4 is 5.32 Å². The van der Waals surface area contributed by atoms with Gasteiger partial charge in [0.15, 0.2) is 0 Å². The van der Waals surface area contributed by atoms with Crippen molar-refractivity contribution in [2.45, 2.75) is 25.3 Å². The van der Waals surface area contributed by atoms with E-state index in [2.05, 4.69) is 10.3 Å². The first-order chi connectivity index (χ1) is 15.0. The molecule has 0 spiro atoms. The average Bonchev–Trinajstić information content (AvgIpc) is 3.22. The van der Waals surface area contributed by atoms with Crippen molar-refractivity contribution in [3.63, 3.8) is 0 Å². The van der Waals surface area contributed by atoms with Crippen molar-refractivity contribution in [2.24, 2.45) is 0 Å². The van der Waals surface area contributed by atoms with Crippen molar-refractivity contribution in [1.29, 1.82) is 0 Å². The molecule has 1 aromatic heterocycles. The van der Waals surface area contributed by atoms with Gasteiger partial charge in [0, 0.05) is 41.6 Å². The number of nitrogens with zero attached hydrogens (tertiary/aromatic N) is 1. The first-order valence-corrected chi connectivity index (χ1v) is 10.2. The number of nitrogens with one attached hydrogen (secondary N) is 2. The summed E-state index contributed by atoms with van der Waals surface area (Å²) in [6, 6.07) is 24.0. The van der Waals surface area contributed by atoms with Crippen molar-refractivity contribution < 1.29 is 9.72 Å². The van der Waals surface area contributed by atoms with Gasteiger partial charge >= 0.3 is 0 Å². The summed E-state index contributed by atoms with van der Waals surface area (Å²) in [4.78, 5) is 27.2. The van der Waals surface area contributed by atoms with E-state index in [4.69, 9.17) is 0 Å². The number of para-hydroxylation sites is 1. The molecule has 1 heterocycles. The molecule has 0 unspecified atom stereocenters. The number of amides is 1. The Labute approximate surface area is 180 Å². The molecule has 0 saturated heterocycles. The number of nitro groups is 1. The molecule has 2 atom stereocenters. The summed E-state index contributed by atoms with van der Waals surface area (Å²) in [5.74, 6) is -0.433. The normalized spacial score (nSPS) is 12.9. The first-order valence-electron chi connectivity index (χ1n) is 10.2. The third kappa shape index (κ3) is 4.48. The Balaban J connectivity index is 1.66. The quantitative estimate of drug-likeness (QED) is 0.311. The van der Waals surface area contributed by atoms with Crippen LogP contribution in [0.15, 0.2) is 85.1 Å². The van der Waals surface area contributed by atoms with E-state index in [0.717, 1.165) is 27.6 Å². The molecule has 1 amide bonds. The lowest BCUT2D eigenvalue weighted by atomic mass is 9.87. The van der Waals surface area contributed by atoms with Crippen molar-refractivity contribution in [1.82, 2.24) is 10.3 Å². The molecule has 0 saturated carbocycles. The van der Waals surface area contributed by atoms with Crippen LogP contribution in [0.4, 0.5) is 5.69 Å². The Hall–Kier alpha value is -3.93. The van der Waals surface area contributed by atoms with E-state index in [1.165, 1.54) is 6.07 Å². The lowest BCUT2D eigenvalue weighted by Gasteiger charge is -2.20. The van der Waals surface area contributed by atoms with Gasteiger partial charge in [-0.2, -0.15) is 0 Å². The molecule has 4 aromatic rings. The van der Waals surface area contributed by atoms with Crippen molar-refractivity contribution in [2.75, 3.05) is 0 Å². The molecule has 6 nitrogen and oxygen atoms in total. The number of carbonyl (C=O) groups excluding carboxylic acids is 1. The van der Waals surface area contributed by atoms with Gasteiger partial charge in [-0.25, -0.2) is 0 Å². The Morgan fingerprint density at radius 1 is 1.00 bits per heavy atom.